The topological polar surface area (TPSA) is 42.0 Å². The van der Waals surface area contributed by atoms with E-state index in [1.165, 1.54) is 0 Å². The van der Waals surface area contributed by atoms with Crippen LogP contribution in [0.25, 0.3) is 10.9 Å². The van der Waals surface area contributed by atoms with Crippen LogP contribution >= 0.6 is 11.6 Å². The molecule has 1 aromatic heterocycles. The quantitative estimate of drug-likeness (QED) is 0.859. The van der Waals surface area contributed by atoms with Gasteiger partial charge in [0.15, 0.2) is 0 Å². The third kappa shape index (κ3) is 2.78. The lowest BCUT2D eigenvalue weighted by molar-refractivity contribution is 0.0929. The van der Waals surface area contributed by atoms with Gasteiger partial charge in [-0.2, -0.15) is 0 Å². The van der Waals surface area contributed by atoms with Crippen LogP contribution in [0, 0.1) is 0 Å². The summed E-state index contributed by atoms with van der Waals surface area (Å²) in [6.45, 7) is 0. The zero-order valence-electron chi connectivity index (χ0n) is 11.2. The number of benzene rings is 1. The molecule has 1 saturated carbocycles. The van der Waals surface area contributed by atoms with Crippen molar-refractivity contribution in [3.63, 3.8) is 0 Å². The molecule has 20 heavy (non-hydrogen) atoms. The Bertz CT molecular complexity index is 615. The fourth-order valence-electron chi connectivity index (χ4n) is 2.76. The van der Waals surface area contributed by atoms with Gasteiger partial charge in [-0.3, -0.25) is 9.78 Å². The Balaban J connectivity index is 1.79. The molecule has 1 aromatic carbocycles. The van der Waals surface area contributed by atoms with Crippen LogP contribution in [0.15, 0.2) is 36.5 Å². The third-order valence-corrected chi connectivity index (χ3v) is 4.32. The summed E-state index contributed by atoms with van der Waals surface area (Å²) < 4.78 is 0. The van der Waals surface area contributed by atoms with Crippen molar-refractivity contribution in [1.82, 2.24) is 10.3 Å². The predicted octanol–water partition coefficient (Wildman–Crippen LogP) is 3.51. The highest BCUT2D eigenvalue weighted by molar-refractivity contribution is 6.20. The van der Waals surface area contributed by atoms with Crippen LogP contribution in [0.2, 0.25) is 0 Å². The van der Waals surface area contributed by atoms with Crippen molar-refractivity contribution >= 4 is 28.4 Å². The molecule has 0 spiro atoms. The number of hydrogen-bond acceptors (Lipinski definition) is 2. The van der Waals surface area contributed by atoms with Gasteiger partial charge in [-0.15, -0.1) is 11.6 Å². The van der Waals surface area contributed by atoms with E-state index in [9.17, 15) is 4.79 Å². The summed E-state index contributed by atoms with van der Waals surface area (Å²) >= 11 is 6.09. The highest BCUT2D eigenvalue weighted by Crippen LogP contribution is 2.23. The Kier molecular flexibility index (Phi) is 3.88. The molecule has 0 aliphatic heterocycles. The summed E-state index contributed by atoms with van der Waals surface area (Å²) in [4.78, 5) is 16.7. The number of carbonyl (C=O) groups excluding carboxylic acids is 1. The maximum Gasteiger partial charge on any atom is 0.252 e. The first-order chi connectivity index (χ1) is 9.74. The maximum absolute atomic E-state index is 12.4. The second-order valence-electron chi connectivity index (χ2n) is 5.30. The number of pyridine rings is 1. The molecule has 0 radical (unpaired) electrons. The molecule has 2 aromatic rings. The zero-order chi connectivity index (χ0) is 13.9. The van der Waals surface area contributed by atoms with Gasteiger partial charge in [-0.05, 0) is 43.9 Å². The van der Waals surface area contributed by atoms with Gasteiger partial charge < -0.3 is 5.32 Å². The van der Waals surface area contributed by atoms with Crippen molar-refractivity contribution in [2.75, 3.05) is 0 Å². The first-order valence-electron chi connectivity index (χ1n) is 7.03. The Morgan fingerprint density at radius 2 is 1.95 bits per heavy atom. The number of rotatable bonds is 2. The number of nitrogens with zero attached hydrogens (tertiary/aromatic N) is 1. The van der Waals surface area contributed by atoms with E-state index >= 15 is 0 Å². The van der Waals surface area contributed by atoms with Crippen molar-refractivity contribution in [3.8, 4) is 0 Å². The molecule has 104 valence electrons. The Morgan fingerprint density at radius 1 is 1.15 bits per heavy atom. The summed E-state index contributed by atoms with van der Waals surface area (Å²) in [6, 6.07) is 9.69. The van der Waals surface area contributed by atoms with E-state index in [4.69, 9.17) is 11.6 Å². The van der Waals surface area contributed by atoms with Gasteiger partial charge in [0.05, 0.1) is 5.52 Å². The van der Waals surface area contributed by atoms with Crippen LogP contribution in [0.4, 0.5) is 0 Å². The Hall–Kier alpha value is -1.61. The normalized spacial score (nSPS) is 22.6. The highest BCUT2D eigenvalue weighted by atomic mass is 35.5. The fourth-order valence-corrected chi connectivity index (χ4v) is 3.01. The number of aromatic nitrogens is 1. The monoisotopic (exact) mass is 288 g/mol. The number of hydrogen-bond donors (Lipinski definition) is 1. The molecule has 0 unspecified atom stereocenters. The summed E-state index contributed by atoms with van der Waals surface area (Å²) in [6.07, 6.45) is 5.62. The van der Waals surface area contributed by atoms with Crippen molar-refractivity contribution < 1.29 is 4.79 Å². The van der Waals surface area contributed by atoms with E-state index in [-0.39, 0.29) is 17.3 Å². The van der Waals surface area contributed by atoms with E-state index < -0.39 is 0 Å². The Labute approximate surface area is 123 Å². The molecule has 0 saturated heterocycles. The van der Waals surface area contributed by atoms with Crippen LogP contribution in [0.3, 0.4) is 0 Å². The third-order valence-electron chi connectivity index (χ3n) is 3.88. The van der Waals surface area contributed by atoms with Crippen molar-refractivity contribution in [2.24, 2.45) is 0 Å². The van der Waals surface area contributed by atoms with Crippen LogP contribution in [0.1, 0.15) is 36.0 Å². The van der Waals surface area contributed by atoms with E-state index in [0.29, 0.717) is 5.56 Å². The van der Waals surface area contributed by atoms with Gasteiger partial charge >= 0.3 is 0 Å². The van der Waals surface area contributed by atoms with Gasteiger partial charge in [0.25, 0.3) is 5.91 Å². The molecule has 3 nitrogen and oxygen atoms in total. The van der Waals surface area contributed by atoms with Crippen molar-refractivity contribution in [3.05, 3.63) is 42.1 Å². The summed E-state index contributed by atoms with van der Waals surface area (Å²) in [5.74, 6) is -0.0124. The Morgan fingerprint density at radius 3 is 2.75 bits per heavy atom. The lowest BCUT2D eigenvalue weighted by Gasteiger charge is -2.26. The van der Waals surface area contributed by atoms with E-state index in [1.54, 1.807) is 6.20 Å². The van der Waals surface area contributed by atoms with Crippen LogP contribution in [0.5, 0.6) is 0 Å². The van der Waals surface area contributed by atoms with Crippen molar-refractivity contribution in [2.45, 2.75) is 37.1 Å². The second-order valence-corrected chi connectivity index (χ2v) is 5.92. The lowest BCUT2D eigenvalue weighted by Crippen LogP contribution is -2.37. The maximum atomic E-state index is 12.4. The molecular formula is C16H17ClN2O. The highest BCUT2D eigenvalue weighted by Gasteiger charge is 2.21. The zero-order valence-corrected chi connectivity index (χ0v) is 11.9. The molecule has 1 heterocycles. The number of halogens is 1. The average molecular weight is 289 g/mol. The molecule has 3 rings (SSSR count). The molecule has 0 atom stereocenters. The minimum atomic E-state index is -0.0124. The fraction of sp³-hybridized carbons (Fsp3) is 0.375. The number of nitrogens with one attached hydrogen (secondary N) is 1. The minimum absolute atomic E-state index is 0.0124. The number of carbonyl (C=O) groups is 1. The summed E-state index contributed by atoms with van der Waals surface area (Å²) in [5, 5.41) is 4.29. The molecule has 4 heteroatoms. The molecule has 0 bridgehead atoms. The number of fused-ring (bicyclic) bond motifs is 1. The molecule has 1 aliphatic carbocycles. The number of alkyl halides is 1. The minimum Gasteiger partial charge on any atom is -0.349 e. The summed E-state index contributed by atoms with van der Waals surface area (Å²) in [7, 11) is 0. The van der Waals surface area contributed by atoms with Crippen LogP contribution in [-0.4, -0.2) is 22.3 Å². The molecule has 1 fully saturated rings. The molecule has 1 amide bonds. The van der Waals surface area contributed by atoms with Crippen molar-refractivity contribution in [1.29, 1.82) is 0 Å². The average Bonchev–Trinajstić information content (AvgIpc) is 2.49. The van der Waals surface area contributed by atoms with Gasteiger partial charge in [0, 0.05) is 28.6 Å². The van der Waals surface area contributed by atoms with Gasteiger partial charge in [0.2, 0.25) is 0 Å². The molecular weight excluding hydrogens is 272 g/mol. The van der Waals surface area contributed by atoms with Gasteiger partial charge in [-0.25, -0.2) is 0 Å². The van der Waals surface area contributed by atoms with Crippen LogP contribution < -0.4 is 5.32 Å². The van der Waals surface area contributed by atoms with Gasteiger partial charge in [0.1, 0.15) is 0 Å². The first kappa shape index (κ1) is 13.4. The molecule has 1 aliphatic rings. The van der Waals surface area contributed by atoms with Crippen LogP contribution in [-0.2, 0) is 0 Å². The second kappa shape index (κ2) is 5.80. The van der Waals surface area contributed by atoms with E-state index in [1.807, 2.05) is 30.3 Å². The predicted molar refractivity (Wildman–Crippen MR) is 81.1 cm³/mol. The van der Waals surface area contributed by atoms with Gasteiger partial charge in [-0.1, -0.05) is 12.1 Å². The summed E-state index contributed by atoms with van der Waals surface area (Å²) in [5.41, 5.74) is 1.55. The smallest absolute Gasteiger partial charge is 0.252 e. The standard InChI is InChI=1S/C16H17ClN2O/c17-11-6-8-12(9-7-11)19-16(20)14-3-1-5-15-13(14)4-2-10-18-15/h1-5,10-12H,6-9H2,(H,19,20). The molecule has 1 N–H and O–H groups in total. The number of amides is 1. The SMILES string of the molecule is O=C(NC1CCC(Cl)CC1)c1cccc2ncccc12. The largest absolute Gasteiger partial charge is 0.349 e. The van der Waals surface area contributed by atoms with E-state index in [0.717, 1.165) is 36.6 Å². The van der Waals surface area contributed by atoms with E-state index in [2.05, 4.69) is 10.3 Å². The first-order valence-corrected chi connectivity index (χ1v) is 7.46. The lowest BCUT2D eigenvalue weighted by atomic mass is 9.94.